The molecule has 4 rings (SSSR count). The lowest BCUT2D eigenvalue weighted by Gasteiger charge is -2.04. The first-order valence-corrected chi connectivity index (χ1v) is 8.12. The summed E-state index contributed by atoms with van der Waals surface area (Å²) in [6, 6.07) is 10.4. The van der Waals surface area contributed by atoms with Gasteiger partial charge in [-0.3, -0.25) is 14.6 Å². The van der Waals surface area contributed by atoms with Crippen molar-refractivity contribution >= 4 is 51.0 Å². The number of hydrogen-bond donors (Lipinski definition) is 2. The molecule has 3 N–H and O–H groups in total. The van der Waals surface area contributed by atoms with Crippen molar-refractivity contribution in [2.75, 3.05) is 5.32 Å². The monoisotopic (exact) mass is 336 g/mol. The number of anilines is 1. The smallest absolute Gasteiger partial charge is 0.248 e. The summed E-state index contributed by atoms with van der Waals surface area (Å²) in [6.07, 6.45) is 1.60. The van der Waals surface area contributed by atoms with Gasteiger partial charge in [-0.2, -0.15) is 0 Å². The summed E-state index contributed by atoms with van der Waals surface area (Å²) in [5, 5.41) is 2.87. The summed E-state index contributed by atoms with van der Waals surface area (Å²) >= 11 is 1.50. The van der Waals surface area contributed by atoms with Crippen LogP contribution < -0.4 is 11.1 Å². The number of carbonyl (C=O) groups is 2. The van der Waals surface area contributed by atoms with Crippen LogP contribution in [0.5, 0.6) is 0 Å². The van der Waals surface area contributed by atoms with Crippen LogP contribution in [0.4, 0.5) is 11.4 Å². The van der Waals surface area contributed by atoms with Crippen LogP contribution in [-0.4, -0.2) is 23.0 Å². The molecule has 24 heavy (non-hydrogen) atoms. The first-order chi connectivity index (χ1) is 11.6. The third-order valence-electron chi connectivity index (χ3n) is 3.89. The number of rotatable bonds is 3. The van der Waals surface area contributed by atoms with Gasteiger partial charge < -0.3 is 11.1 Å². The number of benzene rings is 2. The number of hydrogen-bond acceptors (Lipinski definition) is 5. The molecule has 0 fully saturated rings. The fourth-order valence-electron chi connectivity index (χ4n) is 2.75. The Kier molecular flexibility index (Phi) is 3.35. The molecule has 2 aromatic carbocycles. The van der Waals surface area contributed by atoms with E-state index >= 15 is 0 Å². The Bertz CT molecular complexity index is 1010. The van der Waals surface area contributed by atoms with E-state index in [-0.39, 0.29) is 5.91 Å². The number of thiazole rings is 1. The molecule has 1 aliphatic rings. The highest BCUT2D eigenvalue weighted by atomic mass is 32.1. The third kappa shape index (κ3) is 2.35. The van der Waals surface area contributed by atoms with Gasteiger partial charge in [0.25, 0.3) is 0 Å². The highest BCUT2D eigenvalue weighted by Crippen LogP contribution is 2.39. The molecule has 0 aliphatic carbocycles. The molecule has 1 aromatic heterocycles. The van der Waals surface area contributed by atoms with E-state index in [1.807, 2.05) is 12.1 Å². The summed E-state index contributed by atoms with van der Waals surface area (Å²) in [6.45, 7) is 0. The fraction of sp³-hybridized carbons (Fsp3) is 0.0588. The van der Waals surface area contributed by atoms with Crippen molar-refractivity contribution in [1.29, 1.82) is 0 Å². The van der Waals surface area contributed by atoms with E-state index in [1.54, 1.807) is 36.0 Å². The van der Waals surface area contributed by atoms with E-state index < -0.39 is 11.8 Å². The number of aromatic nitrogens is 1. The van der Waals surface area contributed by atoms with Crippen LogP contribution in [0.25, 0.3) is 10.2 Å². The second-order valence-electron chi connectivity index (χ2n) is 5.39. The highest BCUT2D eigenvalue weighted by Gasteiger charge is 2.31. The van der Waals surface area contributed by atoms with E-state index in [0.29, 0.717) is 11.3 Å². The molecule has 7 heteroatoms. The first-order valence-electron chi connectivity index (χ1n) is 7.24. The zero-order chi connectivity index (χ0) is 16.7. The number of carbonyl (C=O) groups excluding carboxylic acids is 2. The maximum absolute atomic E-state index is 12.3. The molecule has 0 bridgehead atoms. The van der Waals surface area contributed by atoms with Crippen molar-refractivity contribution in [3.05, 3.63) is 53.0 Å². The van der Waals surface area contributed by atoms with Gasteiger partial charge >= 0.3 is 0 Å². The second kappa shape index (κ2) is 5.54. The predicted molar refractivity (Wildman–Crippen MR) is 94.1 cm³/mol. The highest BCUT2D eigenvalue weighted by molar-refractivity contribution is 7.17. The Labute approximate surface area is 141 Å². The Morgan fingerprint density at radius 3 is 3.04 bits per heavy atom. The number of aliphatic imine (C=N–C) groups is 1. The topological polar surface area (TPSA) is 97.4 Å². The van der Waals surface area contributed by atoms with E-state index in [1.165, 1.54) is 11.3 Å². The third-order valence-corrected chi connectivity index (χ3v) is 4.77. The minimum absolute atomic E-state index is 0.124. The minimum atomic E-state index is -0.512. The van der Waals surface area contributed by atoms with Gasteiger partial charge in [0.1, 0.15) is 5.92 Å². The van der Waals surface area contributed by atoms with E-state index in [2.05, 4.69) is 15.3 Å². The minimum Gasteiger partial charge on any atom is -0.366 e. The summed E-state index contributed by atoms with van der Waals surface area (Å²) in [5.74, 6) is -1.12. The number of primary amides is 1. The molecule has 1 atom stereocenters. The lowest BCUT2D eigenvalue weighted by Crippen LogP contribution is -2.13. The molecule has 2 amide bonds. The number of fused-ring (bicyclic) bond motifs is 3. The zero-order valence-electron chi connectivity index (χ0n) is 12.4. The van der Waals surface area contributed by atoms with Gasteiger partial charge in [-0.1, -0.05) is 6.07 Å². The van der Waals surface area contributed by atoms with Crippen molar-refractivity contribution in [1.82, 2.24) is 4.98 Å². The van der Waals surface area contributed by atoms with Gasteiger partial charge in [-0.15, -0.1) is 11.3 Å². The van der Waals surface area contributed by atoms with Gasteiger partial charge in [0, 0.05) is 23.0 Å². The molecule has 2 heterocycles. The van der Waals surface area contributed by atoms with Crippen molar-refractivity contribution in [3.63, 3.8) is 0 Å². The fourth-order valence-corrected chi connectivity index (χ4v) is 3.63. The number of nitrogens with two attached hydrogens (primary N) is 1. The molecule has 1 aliphatic heterocycles. The van der Waals surface area contributed by atoms with Gasteiger partial charge in [0.15, 0.2) is 0 Å². The normalized spacial score (nSPS) is 16.5. The largest absolute Gasteiger partial charge is 0.366 e. The number of amides is 2. The Morgan fingerprint density at radius 2 is 2.21 bits per heavy atom. The average Bonchev–Trinajstić information content (AvgIpc) is 3.16. The predicted octanol–water partition coefficient (Wildman–Crippen LogP) is 2.83. The second-order valence-corrected chi connectivity index (χ2v) is 6.24. The molecule has 0 radical (unpaired) electrons. The molecule has 0 saturated carbocycles. The van der Waals surface area contributed by atoms with Crippen LogP contribution in [0.15, 0.2) is 46.9 Å². The number of nitrogens with one attached hydrogen (secondary N) is 1. The van der Waals surface area contributed by atoms with Crippen LogP contribution in [0.1, 0.15) is 21.8 Å². The molecule has 3 aromatic rings. The summed E-state index contributed by atoms with van der Waals surface area (Å²) in [7, 11) is 0. The summed E-state index contributed by atoms with van der Waals surface area (Å²) < 4.78 is 0.980. The molecule has 1 unspecified atom stereocenters. The Hall–Kier alpha value is -3.06. The van der Waals surface area contributed by atoms with Crippen molar-refractivity contribution in [3.8, 4) is 0 Å². The summed E-state index contributed by atoms with van der Waals surface area (Å²) in [5.41, 5.74) is 10.5. The quantitative estimate of drug-likeness (QED) is 0.720. The van der Waals surface area contributed by atoms with E-state index in [9.17, 15) is 9.59 Å². The van der Waals surface area contributed by atoms with Crippen LogP contribution in [0, 0.1) is 0 Å². The van der Waals surface area contributed by atoms with Crippen LogP contribution >= 0.6 is 11.3 Å². The van der Waals surface area contributed by atoms with Crippen LogP contribution in [0.2, 0.25) is 0 Å². The lowest BCUT2D eigenvalue weighted by molar-refractivity contribution is -0.115. The average molecular weight is 336 g/mol. The molecule has 0 saturated heterocycles. The maximum atomic E-state index is 12.3. The maximum Gasteiger partial charge on any atom is 0.248 e. The van der Waals surface area contributed by atoms with Gasteiger partial charge in [0.05, 0.1) is 21.4 Å². The van der Waals surface area contributed by atoms with E-state index in [4.69, 9.17) is 5.73 Å². The van der Waals surface area contributed by atoms with Gasteiger partial charge in [-0.25, -0.2) is 4.98 Å². The molecule has 6 nitrogen and oxygen atoms in total. The molecule has 118 valence electrons. The van der Waals surface area contributed by atoms with Crippen LogP contribution in [-0.2, 0) is 4.79 Å². The molecule has 0 spiro atoms. The van der Waals surface area contributed by atoms with Gasteiger partial charge in [-0.05, 0) is 30.3 Å². The zero-order valence-corrected chi connectivity index (χ0v) is 13.2. The number of nitrogens with zero attached hydrogens (tertiary/aromatic N) is 2. The van der Waals surface area contributed by atoms with Gasteiger partial charge in [0.2, 0.25) is 11.8 Å². The summed E-state index contributed by atoms with van der Waals surface area (Å²) in [4.78, 5) is 32.2. The first kappa shape index (κ1) is 14.5. The molecular formula is C17H12N4O2S. The Balaban J connectivity index is 1.73. The molecular weight excluding hydrogens is 324 g/mol. The van der Waals surface area contributed by atoms with Crippen molar-refractivity contribution in [2.24, 2.45) is 10.7 Å². The SMILES string of the molecule is NC(=O)c1cccc(N=CC2C(=O)Nc3ccc4ncsc4c32)c1. The Morgan fingerprint density at radius 1 is 1.33 bits per heavy atom. The van der Waals surface area contributed by atoms with Crippen LogP contribution in [0.3, 0.4) is 0 Å². The van der Waals surface area contributed by atoms with Crippen molar-refractivity contribution < 1.29 is 9.59 Å². The van der Waals surface area contributed by atoms with Crippen molar-refractivity contribution in [2.45, 2.75) is 5.92 Å². The lowest BCUT2D eigenvalue weighted by atomic mass is 10.0. The van der Waals surface area contributed by atoms with E-state index in [0.717, 1.165) is 21.5 Å². The standard InChI is InChI=1S/C17H12N4O2S/c18-16(22)9-2-1-3-10(6-9)19-7-11-14-12(21-17(11)23)4-5-13-15(14)24-8-20-13/h1-8,11H,(H2,18,22)(H,21,23).